The van der Waals surface area contributed by atoms with E-state index in [9.17, 15) is 4.79 Å². The predicted octanol–water partition coefficient (Wildman–Crippen LogP) is 3.15. The maximum absolute atomic E-state index is 12.2. The van der Waals surface area contributed by atoms with Gasteiger partial charge in [-0.15, -0.1) is 0 Å². The Hall–Kier alpha value is -1.35. The second-order valence-corrected chi connectivity index (χ2v) is 5.61. The van der Waals surface area contributed by atoms with E-state index in [0.29, 0.717) is 6.54 Å². The molecule has 0 aliphatic heterocycles. The lowest BCUT2D eigenvalue weighted by molar-refractivity contribution is -0.117. The van der Waals surface area contributed by atoms with Gasteiger partial charge in [-0.05, 0) is 62.4 Å². The Labute approximate surface area is 122 Å². The van der Waals surface area contributed by atoms with Gasteiger partial charge in [0.05, 0.1) is 6.54 Å². The first-order valence-electron chi connectivity index (χ1n) is 7.79. The van der Waals surface area contributed by atoms with Crippen molar-refractivity contribution in [2.75, 3.05) is 25.0 Å². The van der Waals surface area contributed by atoms with Crippen molar-refractivity contribution in [3.63, 3.8) is 0 Å². The minimum Gasteiger partial charge on any atom is -0.324 e. The number of carbonyl (C=O) groups excluding carboxylic acids is 1. The molecule has 1 aromatic rings. The summed E-state index contributed by atoms with van der Waals surface area (Å²) in [7, 11) is 0. The molecule has 1 aliphatic carbocycles. The third-order valence-corrected chi connectivity index (χ3v) is 4.27. The van der Waals surface area contributed by atoms with Crippen LogP contribution >= 0.6 is 0 Å². The van der Waals surface area contributed by atoms with E-state index in [0.717, 1.165) is 31.6 Å². The molecule has 0 bridgehead atoms. The van der Waals surface area contributed by atoms with Gasteiger partial charge in [0.15, 0.2) is 0 Å². The number of aryl methyl sites for hydroxylation is 2. The van der Waals surface area contributed by atoms with E-state index < -0.39 is 0 Å². The van der Waals surface area contributed by atoms with Gasteiger partial charge >= 0.3 is 0 Å². The van der Waals surface area contributed by atoms with Crippen molar-refractivity contribution in [3.05, 3.63) is 28.8 Å². The van der Waals surface area contributed by atoms with Crippen molar-refractivity contribution in [2.45, 2.75) is 46.5 Å². The first kappa shape index (κ1) is 15.0. The van der Waals surface area contributed by atoms with Crippen molar-refractivity contribution in [2.24, 2.45) is 0 Å². The topological polar surface area (TPSA) is 32.3 Å². The molecule has 0 heterocycles. The lowest BCUT2D eigenvalue weighted by atomic mass is 9.89. The Morgan fingerprint density at radius 2 is 1.90 bits per heavy atom. The Morgan fingerprint density at radius 3 is 2.60 bits per heavy atom. The summed E-state index contributed by atoms with van der Waals surface area (Å²) in [5.41, 5.74) is 5.03. The maximum atomic E-state index is 12.2. The van der Waals surface area contributed by atoms with E-state index in [2.05, 4.69) is 43.1 Å². The van der Waals surface area contributed by atoms with Crippen molar-refractivity contribution in [1.82, 2.24) is 4.90 Å². The summed E-state index contributed by atoms with van der Waals surface area (Å²) in [6.45, 7) is 8.57. The molecule has 0 unspecified atom stereocenters. The molecular formula is C17H26N2O. The number of rotatable bonds is 5. The Kier molecular flexibility index (Phi) is 5.18. The molecule has 0 saturated carbocycles. The molecule has 0 fully saturated rings. The monoisotopic (exact) mass is 274 g/mol. The molecule has 3 heteroatoms. The number of carbonyl (C=O) groups is 1. The Morgan fingerprint density at radius 1 is 1.20 bits per heavy atom. The minimum atomic E-state index is 0.107. The molecule has 1 aromatic carbocycles. The number of benzene rings is 1. The highest BCUT2D eigenvalue weighted by molar-refractivity contribution is 5.94. The lowest BCUT2D eigenvalue weighted by Crippen LogP contribution is -2.33. The summed E-state index contributed by atoms with van der Waals surface area (Å²) in [5.74, 6) is 0.107. The van der Waals surface area contributed by atoms with E-state index in [1.54, 1.807) is 0 Å². The zero-order chi connectivity index (χ0) is 14.5. The SMILES string of the molecule is CCN(CC)CC(=O)Nc1c(C)ccc2c1CCCC2. The summed E-state index contributed by atoms with van der Waals surface area (Å²) in [5, 5.41) is 3.16. The van der Waals surface area contributed by atoms with E-state index >= 15 is 0 Å². The number of hydrogen-bond donors (Lipinski definition) is 1. The van der Waals surface area contributed by atoms with Crippen LogP contribution in [-0.2, 0) is 17.6 Å². The molecule has 1 amide bonds. The van der Waals surface area contributed by atoms with Crippen molar-refractivity contribution < 1.29 is 4.79 Å². The van der Waals surface area contributed by atoms with Crippen LogP contribution in [0.4, 0.5) is 5.69 Å². The number of amides is 1. The van der Waals surface area contributed by atoms with Crippen LogP contribution in [0.1, 0.15) is 43.4 Å². The average Bonchev–Trinajstić information content (AvgIpc) is 2.47. The van der Waals surface area contributed by atoms with Crippen LogP contribution in [0.25, 0.3) is 0 Å². The first-order valence-corrected chi connectivity index (χ1v) is 7.79. The second-order valence-electron chi connectivity index (χ2n) is 5.61. The van der Waals surface area contributed by atoms with Gasteiger partial charge < -0.3 is 5.32 Å². The summed E-state index contributed by atoms with van der Waals surface area (Å²) in [6, 6.07) is 4.36. The number of likely N-dealkylation sites (N-methyl/N-ethyl adjacent to an activating group) is 1. The third-order valence-electron chi connectivity index (χ3n) is 4.27. The summed E-state index contributed by atoms with van der Waals surface area (Å²) < 4.78 is 0. The van der Waals surface area contributed by atoms with E-state index in [4.69, 9.17) is 0 Å². The van der Waals surface area contributed by atoms with Crippen molar-refractivity contribution in [1.29, 1.82) is 0 Å². The third kappa shape index (κ3) is 3.40. The summed E-state index contributed by atoms with van der Waals surface area (Å²) in [4.78, 5) is 14.4. The quantitative estimate of drug-likeness (QED) is 0.894. The number of nitrogens with one attached hydrogen (secondary N) is 1. The minimum absolute atomic E-state index is 0.107. The predicted molar refractivity (Wildman–Crippen MR) is 84.2 cm³/mol. The molecule has 2 rings (SSSR count). The molecule has 20 heavy (non-hydrogen) atoms. The summed E-state index contributed by atoms with van der Waals surface area (Å²) in [6.07, 6.45) is 4.74. The van der Waals surface area contributed by atoms with Crippen LogP contribution < -0.4 is 5.32 Å². The zero-order valence-corrected chi connectivity index (χ0v) is 13.0. The van der Waals surface area contributed by atoms with E-state index in [-0.39, 0.29) is 5.91 Å². The van der Waals surface area contributed by atoms with Gasteiger partial charge in [0.25, 0.3) is 0 Å². The second kappa shape index (κ2) is 6.89. The molecule has 1 aliphatic rings. The zero-order valence-electron chi connectivity index (χ0n) is 13.0. The molecule has 1 N–H and O–H groups in total. The van der Waals surface area contributed by atoms with Crippen LogP contribution in [0.3, 0.4) is 0 Å². The van der Waals surface area contributed by atoms with Crippen LogP contribution in [0, 0.1) is 6.92 Å². The lowest BCUT2D eigenvalue weighted by Gasteiger charge is -2.23. The van der Waals surface area contributed by atoms with E-state index in [1.165, 1.54) is 29.5 Å². The summed E-state index contributed by atoms with van der Waals surface area (Å²) >= 11 is 0. The van der Waals surface area contributed by atoms with Gasteiger partial charge in [0.2, 0.25) is 5.91 Å². The van der Waals surface area contributed by atoms with Gasteiger partial charge in [0.1, 0.15) is 0 Å². The molecular weight excluding hydrogens is 248 g/mol. The maximum Gasteiger partial charge on any atom is 0.238 e. The molecule has 0 aromatic heterocycles. The number of fused-ring (bicyclic) bond motifs is 1. The van der Waals surface area contributed by atoms with Crippen LogP contribution in [-0.4, -0.2) is 30.4 Å². The average molecular weight is 274 g/mol. The largest absolute Gasteiger partial charge is 0.324 e. The highest BCUT2D eigenvalue weighted by Gasteiger charge is 2.17. The molecule has 110 valence electrons. The fourth-order valence-corrected chi connectivity index (χ4v) is 2.95. The number of anilines is 1. The first-order chi connectivity index (χ1) is 9.65. The molecule has 0 radical (unpaired) electrons. The standard InChI is InChI=1S/C17H26N2O/c1-4-19(5-2)12-16(20)18-17-13(3)10-11-14-8-6-7-9-15(14)17/h10-11H,4-9,12H2,1-3H3,(H,18,20). The fourth-order valence-electron chi connectivity index (χ4n) is 2.95. The fraction of sp³-hybridized carbons (Fsp3) is 0.588. The van der Waals surface area contributed by atoms with Crippen LogP contribution in [0.5, 0.6) is 0 Å². The molecule has 0 atom stereocenters. The van der Waals surface area contributed by atoms with Crippen molar-refractivity contribution in [3.8, 4) is 0 Å². The smallest absolute Gasteiger partial charge is 0.238 e. The highest BCUT2D eigenvalue weighted by Crippen LogP contribution is 2.30. The molecule has 0 spiro atoms. The number of nitrogens with zero attached hydrogens (tertiary/aromatic N) is 1. The number of hydrogen-bond acceptors (Lipinski definition) is 2. The normalized spacial score (nSPS) is 14.2. The van der Waals surface area contributed by atoms with Crippen LogP contribution in [0.2, 0.25) is 0 Å². The van der Waals surface area contributed by atoms with Gasteiger partial charge in [-0.1, -0.05) is 26.0 Å². The van der Waals surface area contributed by atoms with Gasteiger partial charge in [-0.25, -0.2) is 0 Å². The van der Waals surface area contributed by atoms with Gasteiger partial charge in [-0.3, -0.25) is 9.69 Å². The molecule has 3 nitrogen and oxygen atoms in total. The van der Waals surface area contributed by atoms with Crippen LogP contribution in [0.15, 0.2) is 12.1 Å². The Balaban J connectivity index is 2.14. The molecule has 0 saturated heterocycles. The van der Waals surface area contributed by atoms with Crippen molar-refractivity contribution >= 4 is 11.6 Å². The van der Waals surface area contributed by atoms with Gasteiger partial charge in [0, 0.05) is 5.69 Å². The van der Waals surface area contributed by atoms with Gasteiger partial charge in [-0.2, -0.15) is 0 Å². The highest BCUT2D eigenvalue weighted by atomic mass is 16.2. The Bertz CT molecular complexity index is 478. The van der Waals surface area contributed by atoms with E-state index in [1.807, 2.05) is 0 Å².